The molecule has 1 amide bonds. The molecule has 1 aromatic rings. The highest BCUT2D eigenvalue weighted by molar-refractivity contribution is 6.08. The minimum atomic E-state index is -1.95. The molecule has 0 bridgehead atoms. The zero-order valence-corrected chi connectivity index (χ0v) is 19.9. The zero-order chi connectivity index (χ0) is 24.1. The number of nitrogens with one attached hydrogen (secondary N) is 1. The van der Waals surface area contributed by atoms with Gasteiger partial charge in [0.2, 0.25) is 11.4 Å². The molecule has 1 fully saturated rings. The maximum atomic E-state index is 13.5. The van der Waals surface area contributed by atoms with E-state index in [0.717, 1.165) is 6.42 Å². The summed E-state index contributed by atoms with van der Waals surface area (Å²) in [5, 5.41) is 3.12. The minimum absolute atomic E-state index is 0.130. The summed E-state index contributed by atoms with van der Waals surface area (Å²) >= 11 is 0. The molecule has 0 aromatic heterocycles. The van der Waals surface area contributed by atoms with Gasteiger partial charge in [0.05, 0.1) is 27.4 Å². The summed E-state index contributed by atoms with van der Waals surface area (Å²) in [5.41, 5.74) is -2.52. The molecule has 9 nitrogen and oxygen atoms in total. The van der Waals surface area contributed by atoms with Crippen LogP contribution >= 0.6 is 0 Å². The summed E-state index contributed by atoms with van der Waals surface area (Å²) in [6.07, 6.45) is 1.48. The quantitative estimate of drug-likeness (QED) is 0.450. The van der Waals surface area contributed by atoms with Gasteiger partial charge in [-0.2, -0.15) is 0 Å². The Bertz CT molecular complexity index is 826. The third-order valence-electron chi connectivity index (χ3n) is 5.86. The van der Waals surface area contributed by atoms with Gasteiger partial charge in [0, 0.05) is 18.2 Å². The summed E-state index contributed by atoms with van der Waals surface area (Å²) in [6, 6.07) is 4.68. The molecule has 2 atom stereocenters. The molecule has 0 spiro atoms. The number of ether oxygens (including phenoxy) is 4. The van der Waals surface area contributed by atoms with Crippen LogP contribution in [0.5, 0.6) is 11.5 Å². The second-order valence-corrected chi connectivity index (χ2v) is 8.30. The molecule has 0 radical (unpaired) electrons. The zero-order valence-electron chi connectivity index (χ0n) is 19.9. The molecule has 1 aliphatic heterocycles. The van der Waals surface area contributed by atoms with Gasteiger partial charge in [-0.05, 0) is 59.2 Å². The number of methoxy groups -OCH3 is 3. The number of carbonyl (C=O) groups excluding carboxylic acids is 3. The van der Waals surface area contributed by atoms with Gasteiger partial charge in [-0.15, -0.1) is 0 Å². The molecular formula is C23H34N2O7. The van der Waals surface area contributed by atoms with E-state index in [1.54, 1.807) is 39.0 Å². The number of carbonyl (C=O) groups is 3. The van der Waals surface area contributed by atoms with Crippen LogP contribution < -0.4 is 14.8 Å². The van der Waals surface area contributed by atoms with Gasteiger partial charge < -0.3 is 29.2 Å². The second kappa shape index (κ2) is 10.2. The summed E-state index contributed by atoms with van der Waals surface area (Å²) in [4.78, 5) is 40.7. The van der Waals surface area contributed by atoms with Crippen molar-refractivity contribution in [3.63, 3.8) is 0 Å². The Morgan fingerprint density at radius 3 is 2.06 bits per heavy atom. The van der Waals surface area contributed by atoms with Crippen LogP contribution in [0.15, 0.2) is 18.2 Å². The lowest BCUT2D eigenvalue weighted by Crippen LogP contribution is -2.64. The SMILES string of the molecule is CCN(C(=O)[C@@H]1CCCN1)[C@@](C)(C(=O)OC)C(=O)OC(C)(C)c1cc(OC)cc(OC)c1. The maximum absolute atomic E-state index is 13.5. The van der Waals surface area contributed by atoms with Crippen LogP contribution in [0.25, 0.3) is 0 Å². The van der Waals surface area contributed by atoms with Crippen LogP contribution in [-0.4, -0.2) is 68.7 Å². The van der Waals surface area contributed by atoms with E-state index < -0.39 is 29.1 Å². The van der Waals surface area contributed by atoms with E-state index in [4.69, 9.17) is 18.9 Å². The molecule has 32 heavy (non-hydrogen) atoms. The number of nitrogens with zero attached hydrogens (tertiary/aromatic N) is 1. The Morgan fingerprint density at radius 1 is 1.03 bits per heavy atom. The van der Waals surface area contributed by atoms with E-state index in [9.17, 15) is 14.4 Å². The Labute approximate surface area is 189 Å². The highest BCUT2D eigenvalue weighted by atomic mass is 16.6. The molecule has 1 aromatic carbocycles. The number of benzene rings is 1. The first-order chi connectivity index (χ1) is 15.0. The fourth-order valence-electron chi connectivity index (χ4n) is 3.82. The monoisotopic (exact) mass is 450 g/mol. The first-order valence-corrected chi connectivity index (χ1v) is 10.6. The van der Waals surface area contributed by atoms with Crippen LogP contribution in [-0.2, 0) is 29.5 Å². The highest BCUT2D eigenvalue weighted by Gasteiger charge is 2.53. The summed E-state index contributed by atoms with van der Waals surface area (Å²) < 4.78 is 21.4. The van der Waals surface area contributed by atoms with Crippen molar-refractivity contribution in [2.24, 2.45) is 0 Å². The van der Waals surface area contributed by atoms with Crippen LogP contribution in [0.4, 0.5) is 0 Å². The van der Waals surface area contributed by atoms with Crippen molar-refractivity contribution in [1.29, 1.82) is 0 Å². The van der Waals surface area contributed by atoms with Gasteiger partial charge in [-0.25, -0.2) is 9.59 Å². The average Bonchev–Trinajstić information content (AvgIpc) is 3.32. The fraction of sp³-hybridized carbons (Fsp3) is 0.609. The number of hydrogen-bond acceptors (Lipinski definition) is 8. The molecule has 1 heterocycles. The molecule has 1 N–H and O–H groups in total. The maximum Gasteiger partial charge on any atom is 0.344 e. The lowest BCUT2D eigenvalue weighted by atomic mass is 9.94. The van der Waals surface area contributed by atoms with E-state index in [2.05, 4.69) is 5.32 Å². The molecule has 9 heteroatoms. The summed E-state index contributed by atoms with van der Waals surface area (Å²) in [7, 11) is 4.22. The van der Waals surface area contributed by atoms with Gasteiger partial charge in [0.25, 0.3) is 0 Å². The van der Waals surface area contributed by atoms with Crippen LogP contribution in [0, 0.1) is 0 Å². The predicted octanol–water partition coefficient (Wildman–Crippen LogP) is 2.01. The minimum Gasteiger partial charge on any atom is -0.497 e. The number of rotatable bonds is 9. The van der Waals surface area contributed by atoms with E-state index in [1.807, 2.05) is 0 Å². The van der Waals surface area contributed by atoms with Crippen molar-refractivity contribution >= 4 is 17.8 Å². The summed E-state index contributed by atoms with van der Waals surface area (Å²) in [6.45, 7) is 7.28. The smallest absolute Gasteiger partial charge is 0.344 e. The molecule has 0 saturated carbocycles. The number of amides is 1. The first kappa shape index (κ1) is 25.5. The topological polar surface area (TPSA) is 103 Å². The fourth-order valence-corrected chi connectivity index (χ4v) is 3.82. The Morgan fingerprint density at radius 2 is 1.62 bits per heavy atom. The normalized spacial score (nSPS) is 17.8. The third-order valence-corrected chi connectivity index (χ3v) is 5.86. The van der Waals surface area contributed by atoms with E-state index in [1.165, 1.54) is 33.2 Å². The Kier molecular flexibility index (Phi) is 8.12. The largest absolute Gasteiger partial charge is 0.497 e. The van der Waals surface area contributed by atoms with Crippen molar-refractivity contribution < 1.29 is 33.3 Å². The van der Waals surface area contributed by atoms with Gasteiger partial charge in [-0.3, -0.25) is 4.79 Å². The molecule has 0 aliphatic carbocycles. The summed E-state index contributed by atoms with van der Waals surface area (Å²) in [5.74, 6) is -1.04. The Balaban J connectivity index is 2.42. The average molecular weight is 451 g/mol. The van der Waals surface area contributed by atoms with Gasteiger partial charge >= 0.3 is 11.9 Å². The molecule has 0 unspecified atom stereocenters. The third kappa shape index (κ3) is 4.98. The van der Waals surface area contributed by atoms with Crippen molar-refractivity contribution in [2.45, 2.75) is 57.7 Å². The van der Waals surface area contributed by atoms with E-state index in [-0.39, 0.29) is 12.5 Å². The molecular weight excluding hydrogens is 416 g/mol. The van der Waals surface area contributed by atoms with Crippen LogP contribution in [0.2, 0.25) is 0 Å². The van der Waals surface area contributed by atoms with Crippen molar-refractivity contribution in [1.82, 2.24) is 10.2 Å². The number of esters is 2. The second-order valence-electron chi connectivity index (χ2n) is 8.30. The number of hydrogen-bond donors (Lipinski definition) is 1. The van der Waals surface area contributed by atoms with Crippen LogP contribution in [0.1, 0.15) is 46.1 Å². The molecule has 2 rings (SSSR count). The number of likely N-dealkylation sites (N-methyl/N-ethyl adjacent to an activating group) is 1. The first-order valence-electron chi connectivity index (χ1n) is 10.6. The molecule has 1 saturated heterocycles. The standard InChI is InChI=1S/C23H34N2O7/c1-8-25(19(26)18-10-9-11-24-18)23(4,20(27)31-7)21(28)32-22(2,3)15-12-16(29-5)14-17(13-15)30-6/h12-14,18,24H,8-11H2,1-7H3/t18-,23-/m0/s1. The lowest BCUT2D eigenvalue weighted by Gasteiger charge is -2.39. The van der Waals surface area contributed by atoms with Crippen LogP contribution in [0.3, 0.4) is 0 Å². The predicted molar refractivity (Wildman–Crippen MR) is 117 cm³/mol. The molecule has 1 aliphatic rings. The van der Waals surface area contributed by atoms with E-state index >= 15 is 0 Å². The van der Waals surface area contributed by atoms with Gasteiger partial charge in [0.15, 0.2) is 0 Å². The van der Waals surface area contributed by atoms with Crippen molar-refractivity contribution in [3.8, 4) is 11.5 Å². The lowest BCUT2D eigenvalue weighted by molar-refractivity contribution is -0.185. The van der Waals surface area contributed by atoms with Crippen molar-refractivity contribution in [2.75, 3.05) is 34.4 Å². The van der Waals surface area contributed by atoms with Crippen molar-refractivity contribution in [3.05, 3.63) is 23.8 Å². The van der Waals surface area contributed by atoms with Gasteiger partial charge in [0.1, 0.15) is 17.1 Å². The Hall–Kier alpha value is -2.81. The molecule has 178 valence electrons. The van der Waals surface area contributed by atoms with E-state index in [0.29, 0.717) is 30.0 Å². The van der Waals surface area contributed by atoms with Gasteiger partial charge in [-0.1, -0.05) is 0 Å². The highest BCUT2D eigenvalue weighted by Crippen LogP contribution is 2.34.